The molecule has 0 aliphatic rings. The summed E-state index contributed by atoms with van der Waals surface area (Å²) in [5.41, 5.74) is 5.08. The minimum atomic E-state index is -0.151. The Balaban J connectivity index is 1.72. The van der Waals surface area contributed by atoms with Crippen LogP contribution in [-0.4, -0.2) is 15.9 Å². The lowest BCUT2D eigenvalue weighted by atomic mass is 10.1. The van der Waals surface area contributed by atoms with Crippen molar-refractivity contribution in [1.29, 1.82) is 0 Å². The number of imidazole rings is 1. The monoisotopic (exact) mass is 327 g/mol. The highest BCUT2D eigenvalue weighted by Crippen LogP contribution is 2.24. The molecule has 4 heteroatoms. The molecule has 4 aromatic rings. The van der Waals surface area contributed by atoms with Crippen LogP contribution in [0.2, 0.25) is 0 Å². The SMILES string of the molecule is Cc1cccc(NC(=O)c2ccccc2-c2nc3ccccc3[nH]2)c1. The van der Waals surface area contributed by atoms with E-state index in [0.717, 1.165) is 27.8 Å². The maximum atomic E-state index is 12.8. The second kappa shape index (κ2) is 6.24. The molecule has 3 aromatic carbocycles. The summed E-state index contributed by atoms with van der Waals surface area (Å²) >= 11 is 0. The Hall–Kier alpha value is -3.40. The standard InChI is InChI=1S/C21H17N3O/c1-14-7-6-8-15(13-14)22-21(25)17-10-3-2-9-16(17)20-23-18-11-4-5-12-19(18)24-20/h2-13H,1H3,(H,22,25)(H,23,24). The molecular formula is C21H17N3O. The molecule has 1 amide bonds. The van der Waals surface area contributed by atoms with Crippen molar-refractivity contribution in [3.63, 3.8) is 0 Å². The quantitative estimate of drug-likeness (QED) is 0.568. The fourth-order valence-corrected chi connectivity index (χ4v) is 2.89. The Labute approximate surface area is 145 Å². The van der Waals surface area contributed by atoms with Gasteiger partial charge in [0.15, 0.2) is 0 Å². The molecule has 25 heavy (non-hydrogen) atoms. The van der Waals surface area contributed by atoms with E-state index in [1.54, 1.807) is 0 Å². The lowest BCUT2D eigenvalue weighted by Gasteiger charge is -2.09. The second-order valence-electron chi connectivity index (χ2n) is 5.97. The van der Waals surface area contributed by atoms with Crippen LogP contribution in [0.1, 0.15) is 15.9 Å². The highest BCUT2D eigenvalue weighted by Gasteiger charge is 2.15. The Morgan fingerprint density at radius 1 is 0.960 bits per heavy atom. The van der Waals surface area contributed by atoms with Gasteiger partial charge in [-0.05, 0) is 42.8 Å². The summed E-state index contributed by atoms with van der Waals surface area (Å²) in [4.78, 5) is 20.7. The number of hydrogen-bond donors (Lipinski definition) is 2. The van der Waals surface area contributed by atoms with Crippen molar-refractivity contribution in [2.24, 2.45) is 0 Å². The largest absolute Gasteiger partial charge is 0.338 e. The first-order valence-corrected chi connectivity index (χ1v) is 8.13. The Kier molecular flexibility index (Phi) is 3.78. The van der Waals surface area contributed by atoms with Gasteiger partial charge in [0.2, 0.25) is 0 Å². The van der Waals surface area contributed by atoms with Crippen molar-refractivity contribution < 1.29 is 4.79 Å². The molecule has 0 aliphatic carbocycles. The third kappa shape index (κ3) is 3.02. The van der Waals surface area contributed by atoms with E-state index in [0.29, 0.717) is 11.4 Å². The number of nitrogens with zero attached hydrogens (tertiary/aromatic N) is 1. The summed E-state index contributed by atoms with van der Waals surface area (Å²) in [6.07, 6.45) is 0. The van der Waals surface area contributed by atoms with Crippen LogP contribution in [-0.2, 0) is 0 Å². The summed E-state index contributed by atoms with van der Waals surface area (Å²) in [7, 11) is 0. The molecule has 0 saturated carbocycles. The van der Waals surface area contributed by atoms with Gasteiger partial charge in [0, 0.05) is 11.3 Å². The average molecular weight is 327 g/mol. The number of carbonyl (C=O) groups excluding carboxylic acids is 1. The van der Waals surface area contributed by atoms with Crippen LogP contribution in [0, 0.1) is 6.92 Å². The zero-order valence-corrected chi connectivity index (χ0v) is 13.8. The van der Waals surface area contributed by atoms with Crippen LogP contribution < -0.4 is 5.32 Å². The molecule has 0 radical (unpaired) electrons. The van der Waals surface area contributed by atoms with E-state index < -0.39 is 0 Å². The van der Waals surface area contributed by atoms with Gasteiger partial charge in [0.05, 0.1) is 16.6 Å². The summed E-state index contributed by atoms with van der Waals surface area (Å²) < 4.78 is 0. The number of aromatic amines is 1. The predicted molar refractivity (Wildman–Crippen MR) is 101 cm³/mol. The van der Waals surface area contributed by atoms with Crippen LogP contribution in [0.5, 0.6) is 0 Å². The van der Waals surface area contributed by atoms with Crippen LogP contribution in [0.25, 0.3) is 22.4 Å². The van der Waals surface area contributed by atoms with Gasteiger partial charge in [0.1, 0.15) is 5.82 Å². The molecule has 4 nitrogen and oxygen atoms in total. The van der Waals surface area contributed by atoms with Gasteiger partial charge in [-0.15, -0.1) is 0 Å². The number of aromatic nitrogens is 2. The third-order valence-corrected chi connectivity index (χ3v) is 4.09. The number of hydrogen-bond acceptors (Lipinski definition) is 2. The lowest BCUT2D eigenvalue weighted by molar-refractivity contribution is 0.102. The summed E-state index contributed by atoms with van der Waals surface area (Å²) in [6, 6.07) is 23.1. The van der Waals surface area contributed by atoms with Crippen LogP contribution in [0.3, 0.4) is 0 Å². The van der Waals surface area contributed by atoms with Crippen molar-refractivity contribution in [2.45, 2.75) is 6.92 Å². The van der Waals surface area contributed by atoms with Crippen LogP contribution in [0.4, 0.5) is 5.69 Å². The predicted octanol–water partition coefficient (Wildman–Crippen LogP) is 4.79. The Morgan fingerprint density at radius 3 is 2.60 bits per heavy atom. The lowest BCUT2D eigenvalue weighted by Crippen LogP contribution is -2.13. The minimum absolute atomic E-state index is 0.151. The van der Waals surface area contributed by atoms with E-state index in [4.69, 9.17) is 0 Å². The number of para-hydroxylation sites is 2. The molecule has 122 valence electrons. The molecule has 0 saturated heterocycles. The number of nitrogens with one attached hydrogen (secondary N) is 2. The van der Waals surface area contributed by atoms with Gasteiger partial charge in [-0.25, -0.2) is 4.98 Å². The van der Waals surface area contributed by atoms with Crippen molar-refractivity contribution in [3.05, 3.63) is 83.9 Å². The van der Waals surface area contributed by atoms with Crippen molar-refractivity contribution in [2.75, 3.05) is 5.32 Å². The zero-order chi connectivity index (χ0) is 17.2. The van der Waals surface area contributed by atoms with E-state index in [2.05, 4.69) is 15.3 Å². The molecule has 0 fully saturated rings. The first kappa shape index (κ1) is 15.1. The molecule has 2 N–H and O–H groups in total. The minimum Gasteiger partial charge on any atom is -0.338 e. The maximum Gasteiger partial charge on any atom is 0.256 e. The number of anilines is 1. The number of H-pyrrole nitrogens is 1. The van der Waals surface area contributed by atoms with Crippen LogP contribution >= 0.6 is 0 Å². The van der Waals surface area contributed by atoms with Gasteiger partial charge in [-0.1, -0.05) is 42.5 Å². The summed E-state index contributed by atoms with van der Waals surface area (Å²) in [6.45, 7) is 2.00. The van der Waals surface area contributed by atoms with Gasteiger partial charge >= 0.3 is 0 Å². The van der Waals surface area contributed by atoms with Crippen LogP contribution in [0.15, 0.2) is 72.8 Å². The molecule has 1 heterocycles. The van der Waals surface area contributed by atoms with E-state index >= 15 is 0 Å². The van der Waals surface area contributed by atoms with Crippen molar-refractivity contribution in [1.82, 2.24) is 9.97 Å². The van der Waals surface area contributed by atoms with E-state index in [-0.39, 0.29) is 5.91 Å². The fraction of sp³-hybridized carbons (Fsp3) is 0.0476. The number of carbonyl (C=O) groups is 1. The highest BCUT2D eigenvalue weighted by atomic mass is 16.1. The van der Waals surface area contributed by atoms with Gasteiger partial charge in [-0.3, -0.25) is 4.79 Å². The first-order valence-electron chi connectivity index (χ1n) is 8.13. The zero-order valence-electron chi connectivity index (χ0n) is 13.8. The number of rotatable bonds is 3. The molecule has 0 bridgehead atoms. The number of fused-ring (bicyclic) bond motifs is 1. The molecule has 1 aromatic heterocycles. The van der Waals surface area contributed by atoms with E-state index in [1.807, 2.05) is 79.7 Å². The van der Waals surface area contributed by atoms with E-state index in [9.17, 15) is 4.79 Å². The normalized spacial score (nSPS) is 10.8. The molecule has 0 atom stereocenters. The Morgan fingerprint density at radius 2 is 1.76 bits per heavy atom. The van der Waals surface area contributed by atoms with E-state index in [1.165, 1.54) is 0 Å². The molecular weight excluding hydrogens is 310 g/mol. The third-order valence-electron chi connectivity index (χ3n) is 4.09. The number of amides is 1. The van der Waals surface area contributed by atoms with Crippen molar-refractivity contribution >= 4 is 22.6 Å². The maximum absolute atomic E-state index is 12.8. The molecule has 4 rings (SSSR count). The smallest absolute Gasteiger partial charge is 0.256 e. The Bertz CT molecular complexity index is 1030. The summed E-state index contributed by atoms with van der Waals surface area (Å²) in [5, 5.41) is 2.96. The molecule has 0 aliphatic heterocycles. The first-order chi connectivity index (χ1) is 12.2. The number of aryl methyl sites for hydroxylation is 1. The average Bonchev–Trinajstić information content (AvgIpc) is 3.06. The summed E-state index contributed by atoms with van der Waals surface area (Å²) in [5.74, 6) is 0.540. The molecule has 0 spiro atoms. The van der Waals surface area contributed by atoms with Crippen molar-refractivity contribution in [3.8, 4) is 11.4 Å². The second-order valence-corrected chi connectivity index (χ2v) is 5.97. The number of benzene rings is 3. The van der Waals surface area contributed by atoms with Gasteiger partial charge in [0.25, 0.3) is 5.91 Å². The topological polar surface area (TPSA) is 57.8 Å². The fourth-order valence-electron chi connectivity index (χ4n) is 2.89. The highest BCUT2D eigenvalue weighted by molar-refractivity contribution is 6.08. The molecule has 0 unspecified atom stereocenters. The van der Waals surface area contributed by atoms with Gasteiger partial charge in [-0.2, -0.15) is 0 Å². The van der Waals surface area contributed by atoms with Gasteiger partial charge < -0.3 is 10.3 Å².